The predicted molar refractivity (Wildman–Crippen MR) is 57.8 cm³/mol. The second kappa shape index (κ2) is 5.32. The van der Waals surface area contributed by atoms with E-state index < -0.39 is 0 Å². The predicted octanol–water partition coefficient (Wildman–Crippen LogP) is 1.17. The third kappa shape index (κ3) is 2.93. The van der Waals surface area contributed by atoms with Gasteiger partial charge in [-0.2, -0.15) is 5.26 Å². The van der Waals surface area contributed by atoms with Crippen LogP contribution >= 0.6 is 0 Å². The second-order valence-electron chi connectivity index (χ2n) is 3.29. The van der Waals surface area contributed by atoms with E-state index in [9.17, 15) is 0 Å². The normalized spacial score (nSPS) is 9.73. The molecule has 0 aliphatic carbocycles. The molecule has 0 saturated heterocycles. The summed E-state index contributed by atoms with van der Waals surface area (Å²) < 4.78 is 5.51. The molecule has 1 N–H and O–H groups in total. The van der Waals surface area contributed by atoms with Crippen LogP contribution < -0.4 is 10.1 Å². The number of nitrogens with zero attached hydrogens (tertiary/aromatic N) is 2. The summed E-state index contributed by atoms with van der Waals surface area (Å²) in [5.74, 6) is 0.623. The van der Waals surface area contributed by atoms with E-state index in [0.717, 1.165) is 17.9 Å². The van der Waals surface area contributed by atoms with Crippen molar-refractivity contribution in [3.63, 3.8) is 0 Å². The molecular formula is C11H15N3O. The number of hydrogen-bond donors (Lipinski definition) is 1. The van der Waals surface area contributed by atoms with Crippen LogP contribution in [0.3, 0.4) is 0 Å². The smallest absolute Gasteiger partial charge is 0.140 e. The zero-order chi connectivity index (χ0) is 11.3. The molecule has 0 aliphatic rings. The number of aryl methyl sites for hydroxylation is 2. The molecule has 1 aromatic rings. The van der Waals surface area contributed by atoms with E-state index in [1.54, 1.807) is 6.07 Å². The largest absolute Gasteiger partial charge is 0.491 e. The maximum absolute atomic E-state index is 8.96. The highest BCUT2D eigenvalue weighted by molar-refractivity contribution is 5.46. The van der Waals surface area contributed by atoms with Gasteiger partial charge in [0.2, 0.25) is 0 Å². The minimum atomic E-state index is 0.525. The van der Waals surface area contributed by atoms with Gasteiger partial charge in [0.25, 0.3) is 0 Å². The van der Waals surface area contributed by atoms with Crippen molar-refractivity contribution in [1.82, 2.24) is 10.3 Å². The van der Waals surface area contributed by atoms with Crippen molar-refractivity contribution in [3.8, 4) is 11.8 Å². The summed E-state index contributed by atoms with van der Waals surface area (Å²) in [5, 5.41) is 11.9. The third-order valence-electron chi connectivity index (χ3n) is 2.01. The van der Waals surface area contributed by atoms with Crippen molar-refractivity contribution in [2.75, 3.05) is 20.2 Å². The number of nitriles is 1. The van der Waals surface area contributed by atoms with Crippen molar-refractivity contribution in [2.45, 2.75) is 13.8 Å². The molecule has 1 aromatic heterocycles. The van der Waals surface area contributed by atoms with Crippen LogP contribution in [-0.2, 0) is 0 Å². The van der Waals surface area contributed by atoms with E-state index in [-0.39, 0.29) is 0 Å². The summed E-state index contributed by atoms with van der Waals surface area (Å²) in [6.07, 6.45) is 0. The van der Waals surface area contributed by atoms with Gasteiger partial charge in [-0.05, 0) is 20.9 Å². The Kier molecular flexibility index (Phi) is 4.07. The third-order valence-corrected chi connectivity index (χ3v) is 2.01. The summed E-state index contributed by atoms with van der Waals surface area (Å²) in [5.41, 5.74) is 2.11. The van der Waals surface area contributed by atoms with Crippen LogP contribution in [0.4, 0.5) is 0 Å². The molecule has 80 valence electrons. The zero-order valence-corrected chi connectivity index (χ0v) is 9.29. The van der Waals surface area contributed by atoms with Gasteiger partial charge in [0, 0.05) is 18.3 Å². The summed E-state index contributed by atoms with van der Waals surface area (Å²) in [6.45, 7) is 5.01. The van der Waals surface area contributed by atoms with Crippen molar-refractivity contribution in [1.29, 1.82) is 5.26 Å². The number of pyridine rings is 1. The minimum Gasteiger partial charge on any atom is -0.491 e. The first kappa shape index (κ1) is 11.5. The second-order valence-corrected chi connectivity index (χ2v) is 3.29. The van der Waals surface area contributed by atoms with Gasteiger partial charge in [0.05, 0.1) is 5.69 Å². The van der Waals surface area contributed by atoms with E-state index >= 15 is 0 Å². The molecule has 0 aromatic carbocycles. The molecule has 0 bridgehead atoms. The Morgan fingerprint density at radius 3 is 2.87 bits per heavy atom. The first-order valence-corrected chi connectivity index (χ1v) is 4.84. The molecule has 0 fully saturated rings. The summed E-state index contributed by atoms with van der Waals surface area (Å²) in [7, 11) is 1.86. The molecule has 0 aliphatic heterocycles. The number of nitrogens with one attached hydrogen (secondary N) is 1. The van der Waals surface area contributed by atoms with Gasteiger partial charge in [-0.25, -0.2) is 0 Å². The van der Waals surface area contributed by atoms with Crippen LogP contribution in [0.2, 0.25) is 0 Å². The van der Waals surface area contributed by atoms with Crippen molar-refractivity contribution in [3.05, 3.63) is 23.0 Å². The Bertz CT molecular complexity index is 382. The maximum Gasteiger partial charge on any atom is 0.140 e. The monoisotopic (exact) mass is 205 g/mol. The minimum absolute atomic E-state index is 0.525. The van der Waals surface area contributed by atoms with E-state index in [4.69, 9.17) is 10.00 Å². The van der Waals surface area contributed by atoms with Gasteiger partial charge < -0.3 is 10.1 Å². The van der Waals surface area contributed by atoms with Gasteiger partial charge in [-0.15, -0.1) is 0 Å². The van der Waals surface area contributed by atoms with Crippen molar-refractivity contribution >= 4 is 0 Å². The average molecular weight is 205 g/mol. The molecule has 0 amide bonds. The van der Waals surface area contributed by atoms with Crippen LogP contribution in [0.15, 0.2) is 6.07 Å². The molecule has 4 nitrogen and oxygen atoms in total. The number of likely N-dealkylation sites (N-methyl/N-ethyl adjacent to an activating group) is 1. The van der Waals surface area contributed by atoms with E-state index in [1.807, 2.05) is 20.9 Å². The lowest BCUT2D eigenvalue weighted by molar-refractivity contribution is 0.316. The van der Waals surface area contributed by atoms with E-state index in [1.165, 1.54) is 0 Å². The lowest BCUT2D eigenvalue weighted by atomic mass is 10.2. The molecule has 0 spiro atoms. The molecule has 1 heterocycles. The van der Waals surface area contributed by atoms with Crippen LogP contribution in [0.5, 0.6) is 5.75 Å². The standard InChI is InChI=1S/C11H15N3O/c1-8-6-11(15-5-4-13-3)10(7-12)9(2)14-8/h6,13H,4-5H2,1-3H3. The highest BCUT2D eigenvalue weighted by Gasteiger charge is 2.08. The lowest BCUT2D eigenvalue weighted by Crippen LogP contribution is -2.16. The molecular weight excluding hydrogens is 190 g/mol. The zero-order valence-electron chi connectivity index (χ0n) is 9.29. The number of aromatic nitrogens is 1. The first-order chi connectivity index (χ1) is 7.19. The van der Waals surface area contributed by atoms with Gasteiger partial charge >= 0.3 is 0 Å². The topological polar surface area (TPSA) is 57.9 Å². The molecule has 0 radical (unpaired) electrons. The van der Waals surface area contributed by atoms with Gasteiger partial charge in [0.1, 0.15) is 24.0 Å². The number of ether oxygens (including phenoxy) is 1. The lowest BCUT2D eigenvalue weighted by Gasteiger charge is -2.09. The van der Waals surface area contributed by atoms with Gasteiger partial charge in [0.15, 0.2) is 0 Å². The summed E-state index contributed by atoms with van der Waals surface area (Å²) >= 11 is 0. The van der Waals surface area contributed by atoms with Gasteiger partial charge in [-0.1, -0.05) is 0 Å². The number of hydrogen-bond acceptors (Lipinski definition) is 4. The van der Waals surface area contributed by atoms with Crippen LogP contribution in [0.1, 0.15) is 17.0 Å². The Labute approximate surface area is 89.9 Å². The molecule has 4 heteroatoms. The van der Waals surface area contributed by atoms with E-state index in [0.29, 0.717) is 17.9 Å². The Morgan fingerprint density at radius 1 is 1.53 bits per heavy atom. The Balaban J connectivity index is 2.90. The molecule has 0 atom stereocenters. The van der Waals surface area contributed by atoms with Crippen molar-refractivity contribution < 1.29 is 4.74 Å². The molecule has 0 unspecified atom stereocenters. The Morgan fingerprint density at radius 2 is 2.27 bits per heavy atom. The van der Waals surface area contributed by atoms with Gasteiger partial charge in [-0.3, -0.25) is 4.98 Å². The molecule has 0 saturated carbocycles. The highest BCUT2D eigenvalue weighted by Crippen LogP contribution is 2.20. The number of rotatable bonds is 4. The molecule has 15 heavy (non-hydrogen) atoms. The van der Waals surface area contributed by atoms with Crippen LogP contribution in [0.25, 0.3) is 0 Å². The fourth-order valence-electron chi connectivity index (χ4n) is 1.31. The first-order valence-electron chi connectivity index (χ1n) is 4.84. The fourth-order valence-corrected chi connectivity index (χ4v) is 1.31. The SMILES string of the molecule is CNCCOc1cc(C)nc(C)c1C#N. The Hall–Kier alpha value is -1.60. The quantitative estimate of drug-likeness (QED) is 0.749. The highest BCUT2D eigenvalue weighted by atomic mass is 16.5. The van der Waals surface area contributed by atoms with E-state index in [2.05, 4.69) is 16.4 Å². The maximum atomic E-state index is 8.96. The fraction of sp³-hybridized carbons (Fsp3) is 0.455. The van der Waals surface area contributed by atoms with Crippen LogP contribution in [0, 0.1) is 25.2 Å². The summed E-state index contributed by atoms with van der Waals surface area (Å²) in [6, 6.07) is 3.90. The summed E-state index contributed by atoms with van der Waals surface area (Å²) in [4.78, 5) is 4.22. The van der Waals surface area contributed by atoms with Crippen LogP contribution in [-0.4, -0.2) is 25.2 Å². The molecule has 1 rings (SSSR count). The van der Waals surface area contributed by atoms with Crippen molar-refractivity contribution in [2.24, 2.45) is 0 Å². The average Bonchev–Trinajstić information content (AvgIpc) is 2.17.